The number of ether oxygens (including phenoxy) is 2. The Morgan fingerprint density at radius 3 is 2.70 bits per heavy atom. The third-order valence-corrected chi connectivity index (χ3v) is 4.04. The van der Waals surface area contributed by atoms with Gasteiger partial charge in [-0.2, -0.15) is 0 Å². The van der Waals surface area contributed by atoms with Gasteiger partial charge in [-0.1, -0.05) is 22.9 Å². The van der Waals surface area contributed by atoms with Crippen LogP contribution >= 0.6 is 15.9 Å². The SMILES string of the molecule is CCC(C)(CCBr)NC(=O)c1ccc2c(c1)OCCO2. The van der Waals surface area contributed by atoms with Crippen molar-refractivity contribution in [3.8, 4) is 11.5 Å². The molecule has 1 aliphatic heterocycles. The Labute approximate surface area is 128 Å². The zero-order valence-corrected chi connectivity index (χ0v) is 13.5. The largest absolute Gasteiger partial charge is 0.486 e. The van der Waals surface area contributed by atoms with Crippen LogP contribution in [-0.4, -0.2) is 30.0 Å². The number of hydrogen-bond acceptors (Lipinski definition) is 3. The Bertz CT molecular complexity index is 492. The van der Waals surface area contributed by atoms with Crippen LogP contribution in [-0.2, 0) is 0 Å². The van der Waals surface area contributed by atoms with Crippen molar-refractivity contribution >= 4 is 21.8 Å². The highest BCUT2D eigenvalue weighted by Crippen LogP contribution is 2.31. The zero-order chi connectivity index (χ0) is 14.6. The van der Waals surface area contributed by atoms with Gasteiger partial charge in [0.05, 0.1) is 0 Å². The van der Waals surface area contributed by atoms with E-state index >= 15 is 0 Å². The summed E-state index contributed by atoms with van der Waals surface area (Å²) in [6.07, 6.45) is 1.77. The number of carbonyl (C=O) groups is 1. The van der Waals surface area contributed by atoms with E-state index in [0.717, 1.165) is 18.2 Å². The van der Waals surface area contributed by atoms with Gasteiger partial charge in [-0.3, -0.25) is 4.79 Å². The molecular weight excluding hydrogens is 322 g/mol. The summed E-state index contributed by atoms with van der Waals surface area (Å²) in [6, 6.07) is 5.30. The molecule has 1 aliphatic rings. The number of halogens is 1. The fourth-order valence-corrected chi connectivity index (χ4v) is 2.94. The summed E-state index contributed by atoms with van der Waals surface area (Å²) in [7, 11) is 0. The summed E-state index contributed by atoms with van der Waals surface area (Å²) in [5, 5.41) is 3.96. The molecule has 1 aromatic carbocycles. The molecule has 0 saturated carbocycles. The highest BCUT2D eigenvalue weighted by Gasteiger charge is 2.24. The second-order valence-corrected chi connectivity index (χ2v) is 5.96. The van der Waals surface area contributed by atoms with E-state index in [1.807, 2.05) is 0 Å². The maximum Gasteiger partial charge on any atom is 0.251 e. The zero-order valence-electron chi connectivity index (χ0n) is 11.9. The first-order valence-corrected chi connectivity index (χ1v) is 7.98. The van der Waals surface area contributed by atoms with Gasteiger partial charge in [0.15, 0.2) is 11.5 Å². The average Bonchev–Trinajstić information content (AvgIpc) is 2.47. The Balaban J connectivity index is 2.13. The highest BCUT2D eigenvalue weighted by atomic mass is 79.9. The van der Waals surface area contributed by atoms with Crippen molar-refractivity contribution < 1.29 is 14.3 Å². The second-order valence-electron chi connectivity index (χ2n) is 5.17. The van der Waals surface area contributed by atoms with E-state index < -0.39 is 0 Å². The molecule has 0 saturated heterocycles. The molecule has 1 heterocycles. The van der Waals surface area contributed by atoms with Gasteiger partial charge in [-0.15, -0.1) is 0 Å². The second kappa shape index (κ2) is 6.48. The van der Waals surface area contributed by atoms with Crippen LogP contribution in [0.4, 0.5) is 0 Å². The van der Waals surface area contributed by atoms with Crippen molar-refractivity contribution in [2.45, 2.75) is 32.2 Å². The van der Waals surface area contributed by atoms with Crippen LogP contribution < -0.4 is 14.8 Å². The molecule has 5 heteroatoms. The van der Waals surface area contributed by atoms with Crippen LogP contribution in [0.15, 0.2) is 18.2 Å². The quantitative estimate of drug-likeness (QED) is 0.837. The van der Waals surface area contributed by atoms with Crippen LogP contribution in [0.2, 0.25) is 0 Å². The normalized spacial score (nSPS) is 16.4. The Morgan fingerprint density at radius 2 is 2.05 bits per heavy atom. The van der Waals surface area contributed by atoms with Crippen LogP contribution in [0, 0.1) is 0 Å². The lowest BCUT2D eigenvalue weighted by Crippen LogP contribution is -2.45. The van der Waals surface area contributed by atoms with Crippen molar-refractivity contribution in [2.24, 2.45) is 0 Å². The van der Waals surface area contributed by atoms with E-state index in [0.29, 0.717) is 30.3 Å². The van der Waals surface area contributed by atoms with Crippen molar-refractivity contribution in [1.29, 1.82) is 0 Å². The molecule has 1 unspecified atom stereocenters. The van der Waals surface area contributed by atoms with Crippen molar-refractivity contribution in [3.63, 3.8) is 0 Å². The van der Waals surface area contributed by atoms with E-state index in [1.165, 1.54) is 0 Å². The van der Waals surface area contributed by atoms with Gasteiger partial charge in [-0.05, 0) is 38.0 Å². The molecule has 1 aromatic rings. The Hall–Kier alpha value is -1.23. The molecular formula is C15H20BrNO3. The lowest BCUT2D eigenvalue weighted by Gasteiger charge is -2.29. The monoisotopic (exact) mass is 341 g/mol. The molecule has 20 heavy (non-hydrogen) atoms. The minimum absolute atomic E-state index is 0.0766. The molecule has 1 amide bonds. The van der Waals surface area contributed by atoms with Crippen molar-refractivity contribution in [2.75, 3.05) is 18.5 Å². The van der Waals surface area contributed by atoms with Gasteiger partial charge in [-0.25, -0.2) is 0 Å². The summed E-state index contributed by atoms with van der Waals surface area (Å²) in [5.41, 5.74) is 0.400. The first-order valence-electron chi connectivity index (χ1n) is 6.86. The number of rotatable bonds is 5. The fourth-order valence-electron chi connectivity index (χ4n) is 2.07. The summed E-state index contributed by atoms with van der Waals surface area (Å²) < 4.78 is 11.0. The average molecular weight is 342 g/mol. The fraction of sp³-hybridized carbons (Fsp3) is 0.533. The van der Waals surface area contributed by atoms with E-state index in [1.54, 1.807) is 18.2 Å². The maximum absolute atomic E-state index is 12.4. The minimum atomic E-state index is -0.201. The minimum Gasteiger partial charge on any atom is -0.486 e. The summed E-state index contributed by atoms with van der Waals surface area (Å²) in [4.78, 5) is 12.4. The predicted molar refractivity (Wildman–Crippen MR) is 82.0 cm³/mol. The standard InChI is InChI=1S/C15H20BrNO3/c1-3-15(2,6-7-16)17-14(18)11-4-5-12-13(10-11)20-9-8-19-12/h4-5,10H,3,6-9H2,1-2H3,(H,17,18). The molecule has 0 spiro atoms. The third-order valence-electron chi connectivity index (χ3n) is 3.65. The molecule has 0 bridgehead atoms. The molecule has 0 fully saturated rings. The van der Waals surface area contributed by atoms with E-state index in [9.17, 15) is 4.79 Å². The summed E-state index contributed by atoms with van der Waals surface area (Å²) in [6.45, 7) is 5.21. The smallest absolute Gasteiger partial charge is 0.251 e. The molecule has 0 radical (unpaired) electrons. The van der Waals surface area contributed by atoms with Crippen LogP contribution in [0.3, 0.4) is 0 Å². The number of benzene rings is 1. The van der Waals surface area contributed by atoms with Gasteiger partial charge in [0, 0.05) is 16.4 Å². The van der Waals surface area contributed by atoms with Crippen LogP contribution in [0.5, 0.6) is 11.5 Å². The Morgan fingerprint density at radius 1 is 1.35 bits per heavy atom. The number of fused-ring (bicyclic) bond motifs is 1. The number of alkyl halides is 1. The molecule has 0 aromatic heterocycles. The van der Waals surface area contributed by atoms with Crippen molar-refractivity contribution in [1.82, 2.24) is 5.32 Å². The van der Waals surface area contributed by atoms with Gasteiger partial charge in [0.2, 0.25) is 0 Å². The topological polar surface area (TPSA) is 47.6 Å². The number of nitrogens with one attached hydrogen (secondary N) is 1. The third kappa shape index (κ3) is 3.45. The predicted octanol–water partition coefficient (Wildman–Crippen LogP) is 3.14. The van der Waals surface area contributed by atoms with Crippen LogP contribution in [0.25, 0.3) is 0 Å². The molecule has 1 atom stereocenters. The van der Waals surface area contributed by atoms with E-state index in [2.05, 4.69) is 35.1 Å². The lowest BCUT2D eigenvalue weighted by molar-refractivity contribution is 0.0900. The van der Waals surface area contributed by atoms with Gasteiger partial charge >= 0.3 is 0 Å². The molecule has 1 N–H and O–H groups in total. The highest BCUT2D eigenvalue weighted by molar-refractivity contribution is 9.09. The maximum atomic E-state index is 12.4. The van der Waals surface area contributed by atoms with E-state index in [4.69, 9.17) is 9.47 Å². The first-order chi connectivity index (χ1) is 9.58. The summed E-state index contributed by atoms with van der Waals surface area (Å²) >= 11 is 3.43. The van der Waals surface area contributed by atoms with Gasteiger partial charge < -0.3 is 14.8 Å². The number of carbonyl (C=O) groups excluding carboxylic acids is 1. The van der Waals surface area contributed by atoms with Gasteiger partial charge in [0.25, 0.3) is 5.91 Å². The molecule has 110 valence electrons. The van der Waals surface area contributed by atoms with Gasteiger partial charge in [0.1, 0.15) is 13.2 Å². The van der Waals surface area contributed by atoms with Crippen LogP contribution in [0.1, 0.15) is 37.0 Å². The van der Waals surface area contributed by atoms with Crippen molar-refractivity contribution in [3.05, 3.63) is 23.8 Å². The molecule has 0 aliphatic carbocycles. The molecule has 2 rings (SSSR count). The number of amides is 1. The van der Waals surface area contributed by atoms with E-state index in [-0.39, 0.29) is 11.4 Å². The lowest BCUT2D eigenvalue weighted by atomic mass is 9.95. The summed E-state index contributed by atoms with van der Waals surface area (Å²) in [5.74, 6) is 1.27. The molecule has 4 nitrogen and oxygen atoms in total. The first kappa shape index (κ1) is 15.2. The number of hydrogen-bond donors (Lipinski definition) is 1. The Kier molecular flexibility index (Phi) is 4.91.